The summed E-state index contributed by atoms with van der Waals surface area (Å²) in [6, 6.07) is 0.103. The van der Waals surface area contributed by atoms with Crippen LogP contribution in [-0.2, 0) is 9.84 Å². The Bertz CT molecular complexity index is 403. The van der Waals surface area contributed by atoms with Crippen molar-refractivity contribution in [3.63, 3.8) is 0 Å². The van der Waals surface area contributed by atoms with Gasteiger partial charge in [-0.3, -0.25) is 4.99 Å². The molecule has 0 radical (unpaired) electrons. The van der Waals surface area contributed by atoms with Gasteiger partial charge in [-0.25, -0.2) is 8.42 Å². The molecule has 2 N–H and O–H groups in total. The van der Waals surface area contributed by atoms with Gasteiger partial charge < -0.3 is 10.6 Å². The number of aliphatic imine (C=N–C) groups is 1. The second-order valence-corrected chi connectivity index (χ2v) is 8.07. The van der Waals surface area contributed by atoms with E-state index in [-0.39, 0.29) is 11.8 Å². The van der Waals surface area contributed by atoms with E-state index in [0.29, 0.717) is 6.42 Å². The van der Waals surface area contributed by atoms with Crippen molar-refractivity contribution < 1.29 is 8.42 Å². The fraction of sp³-hybridized carbons (Fsp3) is 0.929. The first-order valence-electron chi connectivity index (χ1n) is 7.63. The van der Waals surface area contributed by atoms with Gasteiger partial charge in [-0.15, -0.1) is 0 Å². The summed E-state index contributed by atoms with van der Waals surface area (Å²) >= 11 is 0. The van der Waals surface area contributed by atoms with Crippen molar-refractivity contribution in [1.29, 1.82) is 0 Å². The van der Waals surface area contributed by atoms with E-state index < -0.39 is 9.84 Å². The van der Waals surface area contributed by atoms with Gasteiger partial charge in [-0.05, 0) is 39.0 Å². The molecule has 1 saturated carbocycles. The van der Waals surface area contributed by atoms with Crippen molar-refractivity contribution >= 4 is 15.8 Å². The molecule has 1 aliphatic rings. The number of nitrogens with zero attached hydrogens (tertiary/aromatic N) is 1. The third kappa shape index (κ3) is 9.18. The Morgan fingerprint density at radius 3 is 2.65 bits per heavy atom. The summed E-state index contributed by atoms with van der Waals surface area (Å²) in [6.45, 7) is 5.67. The SMILES string of the molecule is CCNC(=NCCCC1CC1)NC(C)CCS(C)(=O)=O. The quantitative estimate of drug-likeness (QED) is 0.385. The Kier molecular flexibility index (Phi) is 7.34. The summed E-state index contributed by atoms with van der Waals surface area (Å²) in [6.07, 6.45) is 7.09. The number of hydrogen-bond donors (Lipinski definition) is 2. The zero-order chi connectivity index (χ0) is 15.0. The number of rotatable bonds is 9. The molecular weight excluding hydrogens is 274 g/mol. The molecule has 1 fully saturated rings. The van der Waals surface area contributed by atoms with E-state index in [0.717, 1.165) is 31.4 Å². The average molecular weight is 303 g/mol. The fourth-order valence-corrected chi connectivity index (χ4v) is 2.78. The Balaban J connectivity index is 2.29. The van der Waals surface area contributed by atoms with Gasteiger partial charge >= 0.3 is 0 Å². The number of hydrogen-bond acceptors (Lipinski definition) is 3. The van der Waals surface area contributed by atoms with Crippen LogP contribution in [0.3, 0.4) is 0 Å². The third-order valence-electron chi connectivity index (χ3n) is 3.39. The third-order valence-corrected chi connectivity index (χ3v) is 4.36. The summed E-state index contributed by atoms with van der Waals surface area (Å²) in [4.78, 5) is 4.54. The van der Waals surface area contributed by atoms with E-state index >= 15 is 0 Å². The van der Waals surface area contributed by atoms with Crippen LogP contribution >= 0.6 is 0 Å². The van der Waals surface area contributed by atoms with Crippen LogP contribution in [0.2, 0.25) is 0 Å². The van der Waals surface area contributed by atoms with Gasteiger partial charge in [0.25, 0.3) is 0 Å². The first kappa shape index (κ1) is 17.3. The van der Waals surface area contributed by atoms with Gasteiger partial charge in [-0.2, -0.15) is 0 Å². The van der Waals surface area contributed by atoms with Crippen molar-refractivity contribution in [1.82, 2.24) is 10.6 Å². The van der Waals surface area contributed by atoms with E-state index in [1.807, 2.05) is 13.8 Å². The van der Waals surface area contributed by atoms with Crippen LogP contribution in [0.5, 0.6) is 0 Å². The molecule has 5 nitrogen and oxygen atoms in total. The summed E-state index contributed by atoms with van der Waals surface area (Å²) in [7, 11) is -2.89. The maximum absolute atomic E-state index is 11.2. The Morgan fingerprint density at radius 2 is 2.10 bits per heavy atom. The molecule has 6 heteroatoms. The molecule has 0 heterocycles. The first-order valence-corrected chi connectivity index (χ1v) is 9.69. The van der Waals surface area contributed by atoms with Crippen LogP contribution < -0.4 is 10.6 Å². The van der Waals surface area contributed by atoms with E-state index in [4.69, 9.17) is 0 Å². The molecule has 0 aromatic heterocycles. The highest BCUT2D eigenvalue weighted by atomic mass is 32.2. The van der Waals surface area contributed by atoms with Crippen molar-refractivity contribution in [2.45, 2.75) is 52.0 Å². The highest BCUT2D eigenvalue weighted by Crippen LogP contribution is 2.33. The van der Waals surface area contributed by atoms with E-state index in [2.05, 4.69) is 15.6 Å². The standard InChI is InChI=1S/C14H29N3O2S/c1-4-15-14(16-10-5-6-13-7-8-13)17-12(2)9-11-20(3,18)19/h12-13H,4-11H2,1-3H3,(H2,15,16,17). The fourth-order valence-electron chi connectivity index (χ4n) is 1.99. The van der Waals surface area contributed by atoms with Crippen LogP contribution in [0.4, 0.5) is 0 Å². The van der Waals surface area contributed by atoms with E-state index in [1.54, 1.807) is 0 Å². The molecule has 118 valence electrons. The maximum atomic E-state index is 11.2. The molecular formula is C14H29N3O2S. The lowest BCUT2D eigenvalue weighted by Crippen LogP contribution is -2.42. The second kappa shape index (κ2) is 8.49. The van der Waals surface area contributed by atoms with Crippen molar-refractivity contribution in [2.75, 3.05) is 25.1 Å². The minimum Gasteiger partial charge on any atom is -0.357 e. The lowest BCUT2D eigenvalue weighted by molar-refractivity contribution is 0.580. The van der Waals surface area contributed by atoms with Gasteiger partial charge in [0.2, 0.25) is 0 Å². The van der Waals surface area contributed by atoms with Gasteiger partial charge in [0.05, 0.1) is 5.75 Å². The van der Waals surface area contributed by atoms with Gasteiger partial charge in [0.1, 0.15) is 9.84 Å². The summed E-state index contributed by atoms with van der Waals surface area (Å²) in [5, 5.41) is 6.47. The first-order chi connectivity index (χ1) is 9.40. The summed E-state index contributed by atoms with van der Waals surface area (Å²) in [5.41, 5.74) is 0. The van der Waals surface area contributed by atoms with Gasteiger partial charge in [-0.1, -0.05) is 12.8 Å². The summed E-state index contributed by atoms with van der Waals surface area (Å²) < 4.78 is 22.3. The number of nitrogens with one attached hydrogen (secondary N) is 2. The monoisotopic (exact) mass is 303 g/mol. The minimum atomic E-state index is -2.89. The van der Waals surface area contributed by atoms with Gasteiger partial charge in [0.15, 0.2) is 5.96 Å². The normalized spacial score (nSPS) is 17.9. The van der Waals surface area contributed by atoms with Crippen LogP contribution in [0.15, 0.2) is 4.99 Å². The van der Waals surface area contributed by atoms with Crippen molar-refractivity contribution in [3.05, 3.63) is 0 Å². The molecule has 0 bridgehead atoms. The minimum absolute atomic E-state index is 0.103. The molecule has 0 aromatic carbocycles. The predicted molar refractivity (Wildman–Crippen MR) is 84.9 cm³/mol. The Hall–Kier alpha value is -0.780. The lowest BCUT2D eigenvalue weighted by atomic mass is 10.2. The number of sulfone groups is 1. The summed E-state index contributed by atoms with van der Waals surface area (Å²) in [5.74, 6) is 1.96. The second-order valence-electron chi connectivity index (χ2n) is 5.81. The molecule has 0 spiro atoms. The predicted octanol–water partition coefficient (Wildman–Crippen LogP) is 1.55. The molecule has 1 unspecified atom stereocenters. The van der Waals surface area contributed by atoms with E-state index in [9.17, 15) is 8.42 Å². The van der Waals surface area contributed by atoms with Crippen LogP contribution in [0, 0.1) is 5.92 Å². The van der Waals surface area contributed by atoms with Crippen LogP contribution in [-0.4, -0.2) is 45.5 Å². The highest BCUT2D eigenvalue weighted by molar-refractivity contribution is 7.90. The molecule has 1 atom stereocenters. The molecule has 0 amide bonds. The molecule has 0 aliphatic heterocycles. The number of guanidine groups is 1. The molecule has 0 saturated heterocycles. The van der Waals surface area contributed by atoms with Crippen molar-refractivity contribution in [2.24, 2.45) is 10.9 Å². The maximum Gasteiger partial charge on any atom is 0.191 e. The zero-order valence-corrected chi connectivity index (χ0v) is 13.8. The van der Waals surface area contributed by atoms with E-state index in [1.165, 1.54) is 25.5 Å². The molecule has 20 heavy (non-hydrogen) atoms. The van der Waals surface area contributed by atoms with Gasteiger partial charge in [0, 0.05) is 25.4 Å². The molecule has 1 aliphatic carbocycles. The zero-order valence-electron chi connectivity index (χ0n) is 13.0. The van der Waals surface area contributed by atoms with Crippen molar-refractivity contribution in [3.8, 4) is 0 Å². The Labute approximate surface area is 123 Å². The van der Waals surface area contributed by atoms with Crippen LogP contribution in [0.25, 0.3) is 0 Å². The largest absolute Gasteiger partial charge is 0.357 e. The lowest BCUT2D eigenvalue weighted by Gasteiger charge is -2.17. The average Bonchev–Trinajstić information content (AvgIpc) is 3.15. The van der Waals surface area contributed by atoms with Crippen LogP contribution in [0.1, 0.15) is 46.0 Å². The topological polar surface area (TPSA) is 70.6 Å². The highest BCUT2D eigenvalue weighted by Gasteiger charge is 2.19. The Morgan fingerprint density at radius 1 is 1.40 bits per heavy atom. The molecule has 0 aromatic rings. The molecule has 1 rings (SSSR count). The smallest absolute Gasteiger partial charge is 0.191 e.